The normalized spacial score (nSPS) is 35.9. The molecule has 1 aliphatic carbocycles. The predicted octanol–water partition coefficient (Wildman–Crippen LogP) is -0.958. The molecule has 0 radical (unpaired) electrons. The van der Waals surface area contributed by atoms with E-state index >= 15 is 0 Å². The van der Waals surface area contributed by atoms with E-state index in [1.165, 1.54) is 32.4 Å². The number of hydrogen-bond donors (Lipinski definition) is 8. The second-order valence-corrected chi connectivity index (χ2v) is 14.3. The lowest BCUT2D eigenvalue weighted by Gasteiger charge is -2.59. The highest BCUT2D eigenvalue weighted by molar-refractivity contribution is 5.85. The van der Waals surface area contributed by atoms with Crippen LogP contribution in [0.4, 0.5) is 0 Å². The Morgan fingerprint density at radius 3 is 1.74 bits per heavy atom. The summed E-state index contributed by atoms with van der Waals surface area (Å²) >= 11 is 0. The highest BCUT2D eigenvalue weighted by atomic mass is 16.7. The van der Waals surface area contributed by atoms with E-state index in [-0.39, 0.29) is 28.8 Å². The minimum Gasteiger partial charge on any atom is -0.500 e. The van der Waals surface area contributed by atoms with Gasteiger partial charge in [-0.15, -0.1) is 0 Å². The number of hydrogen-bond acceptors (Lipinski definition) is 18. The number of aliphatic hydroxyl groups excluding tert-OH is 8. The Morgan fingerprint density at radius 1 is 0.672 bits per heavy atom. The maximum absolute atomic E-state index is 13.2. The number of ether oxygens (including phenoxy) is 7. The van der Waals surface area contributed by atoms with Crippen LogP contribution in [0.2, 0.25) is 0 Å². The molecular weight excluding hydrogens is 768 g/mol. The molecule has 4 aliphatic rings. The summed E-state index contributed by atoms with van der Waals surface area (Å²) < 4.78 is 45.5. The highest BCUT2D eigenvalue weighted by Crippen LogP contribution is 2.66. The van der Waals surface area contributed by atoms with Crippen LogP contribution in [0.15, 0.2) is 87.8 Å². The third-order valence-corrected chi connectivity index (χ3v) is 11.0. The summed E-state index contributed by atoms with van der Waals surface area (Å²) in [4.78, 5) is 26.0. The summed E-state index contributed by atoms with van der Waals surface area (Å²) in [7, 11) is 2.81. The summed E-state index contributed by atoms with van der Waals surface area (Å²) in [6.07, 6.45) is -10.1. The molecule has 7 rings (SSSR count). The van der Waals surface area contributed by atoms with E-state index in [1.54, 1.807) is 60.7 Å². The lowest BCUT2D eigenvalue weighted by atomic mass is 9.49. The van der Waals surface area contributed by atoms with Gasteiger partial charge < -0.3 is 78.4 Å². The number of esters is 1. The molecular formula is C40H44O18. The summed E-state index contributed by atoms with van der Waals surface area (Å²) in [5.74, 6) is -1.71. The molecule has 58 heavy (non-hydrogen) atoms. The molecule has 1 saturated carbocycles. The van der Waals surface area contributed by atoms with Gasteiger partial charge in [-0.25, -0.2) is 9.59 Å². The zero-order valence-corrected chi connectivity index (χ0v) is 31.1. The first-order valence-electron chi connectivity index (χ1n) is 18.3. The molecule has 18 heteroatoms. The van der Waals surface area contributed by atoms with Gasteiger partial charge in [0.25, 0.3) is 0 Å². The molecule has 312 valence electrons. The minimum atomic E-state index is -1.64. The molecule has 8 N–H and O–H groups in total. The van der Waals surface area contributed by atoms with Crippen LogP contribution in [0.25, 0.3) is 6.08 Å². The molecule has 2 saturated heterocycles. The first-order chi connectivity index (χ1) is 27.8. The first-order valence-corrected chi connectivity index (χ1v) is 18.3. The molecule has 4 heterocycles. The van der Waals surface area contributed by atoms with Gasteiger partial charge in [0, 0.05) is 12.0 Å². The number of carbonyl (C=O) groups is 1. The second kappa shape index (κ2) is 16.8. The van der Waals surface area contributed by atoms with Crippen molar-refractivity contribution in [3.8, 4) is 17.2 Å². The van der Waals surface area contributed by atoms with E-state index < -0.39 is 110 Å². The molecule has 3 aromatic rings. The quantitative estimate of drug-likeness (QED) is 0.102. The molecule has 18 nitrogen and oxygen atoms in total. The molecule has 3 fully saturated rings. The molecule has 14 atom stereocenters. The Labute approximate surface area is 330 Å². The maximum Gasteiger partial charge on any atom is 0.339 e. The van der Waals surface area contributed by atoms with Gasteiger partial charge in [-0.05, 0) is 41.5 Å². The van der Waals surface area contributed by atoms with E-state index in [9.17, 15) is 50.4 Å². The van der Waals surface area contributed by atoms with Crippen LogP contribution in [0.3, 0.4) is 0 Å². The number of aliphatic hydroxyl groups is 8. The van der Waals surface area contributed by atoms with Gasteiger partial charge in [0.05, 0.1) is 51.4 Å². The fourth-order valence-electron chi connectivity index (χ4n) is 7.97. The van der Waals surface area contributed by atoms with Crippen molar-refractivity contribution in [3.63, 3.8) is 0 Å². The van der Waals surface area contributed by atoms with Gasteiger partial charge in [-0.3, -0.25) is 0 Å². The van der Waals surface area contributed by atoms with Gasteiger partial charge in [0.15, 0.2) is 5.60 Å². The van der Waals surface area contributed by atoms with Crippen molar-refractivity contribution in [2.24, 2.45) is 5.92 Å². The lowest BCUT2D eigenvalue weighted by molar-refractivity contribution is -0.277. The van der Waals surface area contributed by atoms with Crippen molar-refractivity contribution < 1.29 is 83.2 Å². The van der Waals surface area contributed by atoms with Gasteiger partial charge in [0.2, 0.25) is 12.6 Å². The maximum atomic E-state index is 13.2. The van der Waals surface area contributed by atoms with E-state index in [0.717, 1.165) is 0 Å². The highest BCUT2D eigenvalue weighted by Gasteiger charge is 2.69. The zero-order valence-electron chi connectivity index (χ0n) is 31.1. The predicted molar refractivity (Wildman–Crippen MR) is 195 cm³/mol. The van der Waals surface area contributed by atoms with Crippen molar-refractivity contribution in [3.05, 3.63) is 106 Å². The molecule has 1 aromatic heterocycles. The number of carbonyl (C=O) groups excluding carboxylic acids is 1. The SMILES string of the molecule is COC1=CC(=O)O[C@]2(/C=C/c3ccc(O[C@@H]4O[C@@H](CO)[C@@H](O)[C@@H](O)[C@H]4O)cc3)[C@H]1[C@@H](c1ccc(O[C@H]3O[C@H](CO)[C@@H](O)[C@@H](O)[C@H]3O)cc1)[C@H]2c1cc(OC)cc(=O)o1. The Morgan fingerprint density at radius 2 is 1.22 bits per heavy atom. The Kier molecular flexibility index (Phi) is 12.0. The van der Waals surface area contributed by atoms with Crippen LogP contribution in [0.1, 0.15) is 28.7 Å². The van der Waals surface area contributed by atoms with E-state index in [2.05, 4.69) is 0 Å². The van der Waals surface area contributed by atoms with Crippen LogP contribution < -0.4 is 19.8 Å². The van der Waals surface area contributed by atoms with Gasteiger partial charge in [-0.1, -0.05) is 30.3 Å². The van der Waals surface area contributed by atoms with Crippen LogP contribution in [-0.2, 0) is 23.7 Å². The topological polar surface area (TPSA) is 274 Å². The second-order valence-electron chi connectivity index (χ2n) is 14.3. The third kappa shape index (κ3) is 7.59. The molecule has 0 spiro atoms. The third-order valence-electron chi connectivity index (χ3n) is 11.0. The first kappa shape index (κ1) is 41.3. The summed E-state index contributed by atoms with van der Waals surface area (Å²) in [6.45, 7) is -1.25. The standard InChI is InChI=1S/C40H44O18/c1-51-22-13-24(55-27(43)14-22)31-29(19-5-9-21(10-6-19)54-39-37(50)35(48)33(46)26(17-42)57-39)30-23(52-2)15-28(44)58-40(30,31)12-11-18-3-7-20(8-4-18)53-38-36(49)34(47)32(45)25(16-41)56-38/h3-15,25-26,29-39,41-42,45-50H,16-17H2,1-2H3/b12-11+/t25-,26+,29+,30+,31+,32+,33+,34+,35+,36+,37+,38+,39-,40+/m0/s1. The zero-order chi connectivity index (χ0) is 41.5. The Hall–Kier alpha value is -4.86. The lowest BCUT2D eigenvalue weighted by Crippen LogP contribution is -2.63. The van der Waals surface area contributed by atoms with Gasteiger partial charge in [-0.2, -0.15) is 0 Å². The molecule has 3 aliphatic heterocycles. The number of fused-ring (bicyclic) bond motifs is 1. The fraction of sp³-hybridized carbons (Fsp3) is 0.450. The number of methoxy groups -OCH3 is 2. The fourth-order valence-corrected chi connectivity index (χ4v) is 7.97. The van der Waals surface area contributed by atoms with E-state index in [0.29, 0.717) is 11.1 Å². The summed E-state index contributed by atoms with van der Waals surface area (Å²) in [5, 5.41) is 80.6. The Balaban J connectivity index is 1.20. The van der Waals surface area contributed by atoms with Crippen LogP contribution in [0, 0.1) is 5.92 Å². The van der Waals surface area contributed by atoms with Crippen molar-refractivity contribution >= 4 is 12.0 Å². The monoisotopic (exact) mass is 812 g/mol. The molecule has 2 aromatic carbocycles. The largest absolute Gasteiger partial charge is 0.500 e. The van der Waals surface area contributed by atoms with Crippen molar-refractivity contribution in [1.29, 1.82) is 0 Å². The average molecular weight is 813 g/mol. The Bertz CT molecular complexity index is 2030. The van der Waals surface area contributed by atoms with Gasteiger partial charge in [0.1, 0.15) is 77.6 Å². The molecule has 0 bridgehead atoms. The van der Waals surface area contributed by atoms with E-state index in [1.807, 2.05) is 0 Å². The molecule has 0 unspecified atom stereocenters. The van der Waals surface area contributed by atoms with Crippen LogP contribution in [0.5, 0.6) is 17.2 Å². The minimum absolute atomic E-state index is 0.144. The van der Waals surface area contributed by atoms with E-state index in [4.69, 9.17) is 37.6 Å². The van der Waals surface area contributed by atoms with Crippen molar-refractivity contribution in [2.75, 3.05) is 27.4 Å². The summed E-state index contributed by atoms with van der Waals surface area (Å²) in [5.41, 5.74) is -0.927. The summed E-state index contributed by atoms with van der Waals surface area (Å²) in [6, 6.07) is 15.7. The van der Waals surface area contributed by atoms with Crippen molar-refractivity contribution in [2.45, 2.75) is 78.8 Å². The van der Waals surface area contributed by atoms with Crippen LogP contribution in [-0.4, -0.2) is 141 Å². The van der Waals surface area contributed by atoms with Gasteiger partial charge >= 0.3 is 11.6 Å². The van der Waals surface area contributed by atoms with Crippen LogP contribution >= 0.6 is 0 Å². The number of rotatable bonds is 12. The van der Waals surface area contributed by atoms with Crippen molar-refractivity contribution in [1.82, 2.24) is 0 Å². The average Bonchev–Trinajstić information content (AvgIpc) is 3.22. The molecule has 0 amide bonds. The smallest absolute Gasteiger partial charge is 0.339 e. The number of benzene rings is 2.